The summed E-state index contributed by atoms with van der Waals surface area (Å²) >= 11 is 0. The maximum Gasteiger partial charge on any atom is 0.151 e. The molecule has 2 heteroatoms. The van der Waals surface area contributed by atoms with Gasteiger partial charge in [-0.15, -0.1) is 0 Å². The van der Waals surface area contributed by atoms with E-state index in [9.17, 15) is 4.79 Å². The number of carbonyl (C=O) groups is 1. The van der Waals surface area contributed by atoms with Gasteiger partial charge in [-0.05, 0) is 20.8 Å². The highest BCUT2D eigenvalue weighted by Gasteiger charge is 1.96. The Balaban J connectivity index is 4.58. The van der Waals surface area contributed by atoms with Crippen LogP contribution < -0.4 is 0 Å². The first-order valence-electron chi connectivity index (χ1n) is 3.44. The molecular weight excluding hydrogens is 138 g/mol. The molecule has 0 aromatic heterocycles. The minimum atomic E-state index is 0.619. The zero-order chi connectivity index (χ0) is 8.85. The Morgan fingerprint density at radius 1 is 1.45 bits per heavy atom. The summed E-state index contributed by atoms with van der Waals surface area (Å²) in [5.41, 5.74) is 2.05. The monoisotopic (exact) mass is 151 g/mol. The zero-order valence-corrected chi connectivity index (χ0v) is 7.22. The number of allylic oxidation sites excluding steroid dienone is 3. The van der Waals surface area contributed by atoms with Crippen molar-refractivity contribution in [1.29, 1.82) is 0 Å². The first-order valence-corrected chi connectivity index (χ1v) is 3.44. The Bertz CT molecular complexity index is 224. The second-order valence-electron chi connectivity index (χ2n) is 2.29. The largest absolute Gasteiger partial charge is 0.298 e. The Morgan fingerprint density at radius 3 is 2.27 bits per heavy atom. The summed E-state index contributed by atoms with van der Waals surface area (Å²) < 4.78 is 0. The second kappa shape index (κ2) is 4.61. The molecular formula is C9H13NO. The molecule has 0 N–H and O–H groups in total. The third-order valence-electron chi connectivity index (χ3n) is 1.21. The molecule has 0 unspecified atom stereocenters. The lowest BCUT2D eigenvalue weighted by Crippen LogP contribution is -1.98. The van der Waals surface area contributed by atoms with Crippen LogP contribution in [0.2, 0.25) is 0 Å². The van der Waals surface area contributed by atoms with E-state index in [2.05, 4.69) is 11.6 Å². The van der Waals surface area contributed by atoms with Gasteiger partial charge in [-0.3, -0.25) is 9.79 Å². The number of carbonyl (C=O) groups excluding carboxylic acids is 1. The summed E-state index contributed by atoms with van der Waals surface area (Å²) in [6, 6.07) is 0. The number of aliphatic imine (C=N–C) groups is 1. The van der Waals surface area contributed by atoms with Gasteiger partial charge in [-0.1, -0.05) is 12.7 Å². The van der Waals surface area contributed by atoms with Gasteiger partial charge in [0, 0.05) is 17.0 Å². The first kappa shape index (κ1) is 9.82. The number of hydrogen-bond acceptors (Lipinski definition) is 2. The maximum atomic E-state index is 10.4. The van der Waals surface area contributed by atoms with Crippen molar-refractivity contribution in [3.63, 3.8) is 0 Å². The SMILES string of the molecule is C=C(C)N=C(C)/C(C=O)=C\C. The van der Waals surface area contributed by atoms with Crippen LogP contribution in [0.3, 0.4) is 0 Å². The van der Waals surface area contributed by atoms with Crippen LogP contribution in [0.15, 0.2) is 28.9 Å². The molecule has 11 heavy (non-hydrogen) atoms. The molecule has 0 aliphatic rings. The maximum absolute atomic E-state index is 10.4. The van der Waals surface area contributed by atoms with E-state index in [1.807, 2.05) is 0 Å². The van der Waals surface area contributed by atoms with Crippen molar-refractivity contribution >= 4 is 12.0 Å². The van der Waals surface area contributed by atoms with Gasteiger partial charge in [-0.25, -0.2) is 0 Å². The van der Waals surface area contributed by atoms with E-state index in [0.717, 1.165) is 12.0 Å². The molecule has 0 heterocycles. The van der Waals surface area contributed by atoms with Gasteiger partial charge in [-0.2, -0.15) is 0 Å². The highest BCUT2D eigenvalue weighted by atomic mass is 16.1. The van der Waals surface area contributed by atoms with Crippen molar-refractivity contribution in [2.45, 2.75) is 20.8 Å². The van der Waals surface area contributed by atoms with Crippen LogP contribution >= 0.6 is 0 Å². The summed E-state index contributed by atoms with van der Waals surface area (Å²) in [6.07, 6.45) is 2.52. The van der Waals surface area contributed by atoms with Crippen LogP contribution in [0, 0.1) is 0 Å². The van der Waals surface area contributed by atoms with Gasteiger partial charge in [0.1, 0.15) is 0 Å². The van der Waals surface area contributed by atoms with Gasteiger partial charge < -0.3 is 0 Å². The molecule has 0 bridgehead atoms. The van der Waals surface area contributed by atoms with Crippen LogP contribution in [-0.4, -0.2) is 12.0 Å². The minimum absolute atomic E-state index is 0.619. The topological polar surface area (TPSA) is 29.4 Å². The van der Waals surface area contributed by atoms with Crippen LogP contribution in [0.5, 0.6) is 0 Å². The van der Waals surface area contributed by atoms with E-state index >= 15 is 0 Å². The lowest BCUT2D eigenvalue weighted by Gasteiger charge is -1.96. The van der Waals surface area contributed by atoms with Crippen molar-refractivity contribution in [3.8, 4) is 0 Å². The molecule has 2 nitrogen and oxygen atoms in total. The Labute approximate surface area is 67.3 Å². The van der Waals surface area contributed by atoms with E-state index in [4.69, 9.17) is 0 Å². The first-order chi connectivity index (χ1) is 5.11. The fourth-order valence-electron chi connectivity index (χ4n) is 0.713. The van der Waals surface area contributed by atoms with Gasteiger partial charge in [0.25, 0.3) is 0 Å². The molecule has 0 fully saturated rings. The number of rotatable bonds is 3. The number of aldehydes is 1. The van der Waals surface area contributed by atoms with Gasteiger partial charge >= 0.3 is 0 Å². The average Bonchev–Trinajstić information content (AvgIpc) is 1.88. The van der Waals surface area contributed by atoms with E-state index in [1.54, 1.807) is 26.8 Å². The van der Waals surface area contributed by atoms with Crippen LogP contribution in [0.4, 0.5) is 0 Å². The molecule has 0 amide bonds. The third-order valence-corrected chi connectivity index (χ3v) is 1.21. The van der Waals surface area contributed by atoms with Gasteiger partial charge in [0.05, 0.1) is 0 Å². The fourth-order valence-corrected chi connectivity index (χ4v) is 0.713. The molecule has 0 atom stereocenters. The summed E-state index contributed by atoms with van der Waals surface area (Å²) in [4.78, 5) is 14.4. The van der Waals surface area contributed by atoms with Gasteiger partial charge in [0.2, 0.25) is 0 Å². The summed E-state index contributed by atoms with van der Waals surface area (Å²) in [5.74, 6) is 0. The number of hydrogen-bond donors (Lipinski definition) is 0. The smallest absolute Gasteiger partial charge is 0.151 e. The Hall–Kier alpha value is -1.18. The lowest BCUT2D eigenvalue weighted by molar-refractivity contribution is -0.104. The van der Waals surface area contributed by atoms with Gasteiger partial charge in [0.15, 0.2) is 6.29 Å². The highest BCUT2D eigenvalue weighted by Crippen LogP contribution is 1.98. The van der Waals surface area contributed by atoms with Crippen molar-refractivity contribution in [2.75, 3.05) is 0 Å². The summed E-state index contributed by atoms with van der Waals surface area (Å²) in [7, 11) is 0. The fraction of sp³-hybridized carbons (Fsp3) is 0.333. The standard InChI is InChI=1S/C9H13NO/c1-5-9(6-11)8(4)10-7(2)3/h5-6H,2H2,1,3-4H3/b9-5-,10-8?. The van der Waals surface area contributed by atoms with Crippen molar-refractivity contribution < 1.29 is 4.79 Å². The quantitative estimate of drug-likeness (QED) is 0.345. The van der Waals surface area contributed by atoms with Crippen molar-refractivity contribution in [2.24, 2.45) is 4.99 Å². The summed E-state index contributed by atoms with van der Waals surface area (Å²) in [5, 5.41) is 0. The van der Waals surface area contributed by atoms with E-state index in [1.165, 1.54) is 0 Å². The highest BCUT2D eigenvalue weighted by molar-refractivity contribution is 6.13. The van der Waals surface area contributed by atoms with E-state index in [-0.39, 0.29) is 0 Å². The number of nitrogens with zero attached hydrogens (tertiary/aromatic N) is 1. The van der Waals surface area contributed by atoms with Crippen LogP contribution in [-0.2, 0) is 4.79 Å². The molecule has 0 spiro atoms. The second-order valence-corrected chi connectivity index (χ2v) is 2.29. The normalized spacial score (nSPS) is 13.0. The molecule has 0 radical (unpaired) electrons. The molecule has 0 saturated heterocycles. The summed E-state index contributed by atoms with van der Waals surface area (Å²) in [6.45, 7) is 9.01. The Kier molecular flexibility index (Phi) is 4.11. The molecule has 0 saturated carbocycles. The third kappa shape index (κ3) is 3.50. The Morgan fingerprint density at radius 2 is 2.00 bits per heavy atom. The van der Waals surface area contributed by atoms with E-state index < -0.39 is 0 Å². The molecule has 0 rings (SSSR count). The molecule has 60 valence electrons. The molecule has 0 aliphatic carbocycles. The lowest BCUT2D eigenvalue weighted by atomic mass is 10.2. The predicted octanol–water partition coefficient (Wildman–Crippen LogP) is 2.13. The molecule has 0 aromatic rings. The zero-order valence-electron chi connectivity index (χ0n) is 7.22. The van der Waals surface area contributed by atoms with Crippen LogP contribution in [0.25, 0.3) is 0 Å². The van der Waals surface area contributed by atoms with Crippen LogP contribution in [0.1, 0.15) is 20.8 Å². The van der Waals surface area contributed by atoms with Crippen molar-refractivity contribution in [1.82, 2.24) is 0 Å². The molecule has 0 aromatic carbocycles. The van der Waals surface area contributed by atoms with Crippen molar-refractivity contribution in [3.05, 3.63) is 23.9 Å². The average molecular weight is 151 g/mol. The molecule has 0 aliphatic heterocycles. The minimum Gasteiger partial charge on any atom is -0.298 e. The van der Waals surface area contributed by atoms with E-state index in [0.29, 0.717) is 11.3 Å². The predicted molar refractivity (Wildman–Crippen MR) is 47.7 cm³/mol.